The summed E-state index contributed by atoms with van der Waals surface area (Å²) >= 11 is 0. The molecule has 7 heteroatoms. The van der Waals surface area contributed by atoms with Gasteiger partial charge in [0.2, 0.25) is 0 Å². The Kier molecular flexibility index (Phi) is 3.97. The summed E-state index contributed by atoms with van der Waals surface area (Å²) in [5, 5.41) is 12.9. The molecule has 6 nitrogen and oxygen atoms in total. The van der Waals surface area contributed by atoms with Crippen LogP contribution in [0.2, 0.25) is 0 Å². The number of urea groups is 1. The molecule has 0 bridgehead atoms. The van der Waals surface area contributed by atoms with Crippen molar-refractivity contribution in [3.63, 3.8) is 0 Å². The molecule has 0 atom stereocenters. The van der Waals surface area contributed by atoms with E-state index in [2.05, 4.69) is 5.32 Å². The Morgan fingerprint density at radius 3 is 2.71 bits per heavy atom. The number of carbonyl (C=O) groups excluding carboxylic acids is 1. The maximum Gasteiger partial charge on any atom is 0.321 e. The number of carbonyl (C=O) groups is 1. The summed E-state index contributed by atoms with van der Waals surface area (Å²) in [7, 11) is 1.56. The van der Waals surface area contributed by atoms with Crippen LogP contribution in [0.4, 0.5) is 20.6 Å². The van der Waals surface area contributed by atoms with E-state index in [0.29, 0.717) is 6.54 Å². The highest BCUT2D eigenvalue weighted by molar-refractivity contribution is 5.89. The normalized spacial score (nSPS) is 9.82. The average molecular weight is 241 g/mol. The maximum absolute atomic E-state index is 13.1. The van der Waals surface area contributed by atoms with Crippen molar-refractivity contribution in [2.45, 2.75) is 6.92 Å². The highest BCUT2D eigenvalue weighted by Gasteiger charge is 2.12. The predicted octanol–water partition coefficient (Wildman–Crippen LogP) is 2.22. The van der Waals surface area contributed by atoms with Gasteiger partial charge in [-0.3, -0.25) is 10.1 Å². The number of nitrogens with one attached hydrogen (secondary N) is 1. The van der Waals surface area contributed by atoms with E-state index in [1.165, 1.54) is 4.90 Å². The quantitative estimate of drug-likeness (QED) is 0.651. The molecule has 0 saturated carbocycles. The van der Waals surface area contributed by atoms with Gasteiger partial charge in [0.1, 0.15) is 5.82 Å². The minimum absolute atomic E-state index is 0.0574. The van der Waals surface area contributed by atoms with Crippen LogP contribution < -0.4 is 5.32 Å². The first-order valence-electron chi connectivity index (χ1n) is 4.91. The molecule has 17 heavy (non-hydrogen) atoms. The van der Waals surface area contributed by atoms with Gasteiger partial charge >= 0.3 is 6.03 Å². The van der Waals surface area contributed by atoms with Crippen LogP contribution >= 0.6 is 0 Å². The zero-order valence-corrected chi connectivity index (χ0v) is 9.44. The lowest BCUT2D eigenvalue weighted by Crippen LogP contribution is -2.30. The molecule has 0 aliphatic rings. The first-order chi connectivity index (χ1) is 7.93. The van der Waals surface area contributed by atoms with Crippen molar-refractivity contribution in [2.24, 2.45) is 0 Å². The molecule has 92 valence electrons. The molecule has 1 aromatic carbocycles. The van der Waals surface area contributed by atoms with Gasteiger partial charge in [-0.1, -0.05) is 0 Å². The van der Waals surface area contributed by atoms with Gasteiger partial charge in [-0.25, -0.2) is 9.18 Å². The summed E-state index contributed by atoms with van der Waals surface area (Å²) in [5.74, 6) is -0.770. The Morgan fingerprint density at radius 2 is 2.18 bits per heavy atom. The SMILES string of the molecule is CCN(C)C(=O)Nc1cc(F)cc([N+](=O)[O-])c1. The van der Waals surface area contributed by atoms with Crippen LogP contribution in [0, 0.1) is 15.9 Å². The van der Waals surface area contributed by atoms with Crippen LogP contribution in [0.1, 0.15) is 6.92 Å². The van der Waals surface area contributed by atoms with E-state index >= 15 is 0 Å². The number of nitro groups is 1. The van der Waals surface area contributed by atoms with Crippen molar-refractivity contribution in [3.05, 3.63) is 34.1 Å². The number of hydrogen-bond donors (Lipinski definition) is 1. The van der Waals surface area contributed by atoms with Gasteiger partial charge in [0.15, 0.2) is 0 Å². The summed E-state index contributed by atoms with van der Waals surface area (Å²) in [6.07, 6.45) is 0. The Hall–Kier alpha value is -2.18. The lowest BCUT2D eigenvalue weighted by molar-refractivity contribution is -0.385. The Morgan fingerprint density at radius 1 is 1.53 bits per heavy atom. The van der Waals surface area contributed by atoms with Crippen molar-refractivity contribution in [1.29, 1.82) is 0 Å². The number of nitro benzene ring substituents is 1. The zero-order valence-electron chi connectivity index (χ0n) is 9.44. The average Bonchev–Trinajstić information content (AvgIpc) is 2.26. The topological polar surface area (TPSA) is 75.5 Å². The van der Waals surface area contributed by atoms with E-state index in [-0.39, 0.29) is 5.69 Å². The molecule has 0 aliphatic heterocycles. The fourth-order valence-electron chi connectivity index (χ4n) is 1.11. The van der Waals surface area contributed by atoms with Crippen LogP contribution in [0.25, 0.3) is 0 Å². The molecule has 0 spiro atoms. The number of hydrogen-bond acceptors (Lipinski definition) is 3. The second kappa shape index (κ2) is 5.24. The monoisotopic (exact) mass is 241 g/mol. The minimum Gasteiger partial charge on any atom is -0.328 e. The second-order valence-corrected chi connectivity index (χ2v) is 3.40. The van der Waals surface area contributed by atoms with E-state index in [9.17, 15) is 19.3 Å². The van der Waals surface area contributed by atoms with Gasteiger partial charge in [0.25, 0.3) is 5.69 Å². The first kappa shape index (κ1) is 12.9. The summed E-state index contributed by atoms with van der Waals surface area (Å²) < 4.78 is 13.1. The summed E-state index contributed by atoms with van der Waals surface area (Å²) in [5.41, 5.74) is -0.346. The fourth-order valence-corrected chi connectivity index (χ4v) is 1.11. The number of anilines is 1. The number of halogens is 1. The lowest BCUT2D eigenvalue weighted by Gasteiger charge is -2.15. The fraction of sp³-hybridized carbons (Fsp3) is 0.300. The minimum atomic E-state index is -0.770. The molecule has 0 heterocycles. The molecule has 0 fully saturated rings. The lowest BCUT2D eigenvalue weighted by atomic mass is 10.2. The number of non-ortho nitro benzene ring substituents is 1. The summed E-state index contributed by atoms with van der Waals surface area (Å²) in [6.45, 7) is 2.25. The van der Waals surface area contributed by atoms with Gasteiger partial charge in [0.05, 0.1) is 16.7 Å². The number of benzene rings is 1. The smallest absolute Gasteiger partial charge is 0.321 e. The molecular weight excluding hydrogens is 229 g/mol. The van der Waals surface area contributed by atoms with Crippen LogP contribution in [0.3, 0.4) is 0 Å². The van der Waals surface area contributed by atoms with Gasteiger partial charge < -0.3 is 10.2 Å². The third-order valence-electron chi connectivity index (χ3n) is 2.17. The van der Waals surface area contributed by atoms with Crippen molar-refractivity contribution >= 4 is 17.4 Å². The third-order valence-corrected chi connectivity index (χ3v) is 2.17. The zero-order chi connectivity index (χ0) is 13.0. The summed E-state index contributed by atoms with van der Waals surface area (Å²) in [4.78, 5) is 22.6. The molecule has 1 rings (SSSR count). The maximum atomic E-state index is 13.1. The highest BCUT2D eigenvalue weighted by atomic mass is 19.1. The molecule has 1 N–H and O–H groups in total. The van der Waals surface area contributed by atoms with Crippen molar-refractivity contribution in [2.75, 3.05) is 18.9 Å². The molecule has 0 radical (unpaired) electrons. The molecule has 2 amide bonds. The van der Waals surface area contributed by atoms with Crippen LogP contribution in [-0.2, 0) is 0 Å². The van der Waals surface area contributed by atoms with Gasteiger partial charge in [0, 0.05) is 19.7 Å². The molecule has 0 aromatic heterocycles. The van der Waals surface area contributed by atoms with E-state index in [1.807, 2.05) is 0 Å². The molecular formula is C10H12FN3O3. The van der Waals surface area contributed by atoms with Gasteiger partial charge in [-0.15, -0.1) is 0 Å². The van der Waals surface area contributed by atoms with Crippen LogP contribution in [-0.4, -0.2) is 29.4 Å². The third kappa shape index (κ3) is 3.40. The largest absolute Gasteiger partial charge is 0.328 e. The standard InChI is InChI=1S/C10H12FN3O3/c1-3-13(2)10(15)12-8-4-7(11)5-9(6-8)14(16)17/h4-6H,3H2,1-2H3,(H,12,15). The number of amides is 2. The van der Waals surface area contributed by atoms with Crippen molar-refractivity contribution < 1.29 is 14.1 Å². The van der Waals surface area contributed by atoms with Crippen molar-refractivity contribution in [1.82, 2.24) is 4.90 Å². The second-order valence-electron chi connectivity index (χ2n) is 3.40. The Balaban J connectivity index is 2.92. The van der Waals surface area contributed by atoms with Crippen LogP contribution in [0.5, 0.6) is 0 Å². The first-order valence-corrected chi connectivity index (χ1v) is 4.91. The molecule has 0 saturated heterocycles. The molecule has 1 aromatic rings. The highest BCUT2D eigenvalue weighted by Crippen LogP contribution is 2.20. The Bertz CT molecular complexity index is 450. The summed E-state index contributed by atoms with van der Waals surface area (Å²) in [6, 6.07) is 2.46. The van der Waals surface area contributed by atoms with E-state index in [0.717, 1.165) is 18.2 Å². The Labute approximate surface area is 97.2 Å². The van der Waals surface area contributed by atoms with Gasteiger partial charge in [-0.05, 0) is 13.0 Å². The molecule has 0 unspecified atom stereocenters. The van der Waals surface area contributed by atoms with Gasteiger partial charge in [-0.2, -0.15) is 0 Å². The molecule has 0 aliphatic carbocycles. The van der Waals surface area contributed by atoms with Crippen LogP contribution in [0.15, 0.2) is 18.2 Å². The number of nitrogens with zero attached hydrogens (tertiary/aromatic N) is 2. The number of rotatable bonds is 3. The van der Waals surface area contributed by atoms with E-state index in [4.69, 9.17) is 0 Å². The predicted molar refractivity (Wildman–Crippen MR) is 60.4 cm³/mol. The van der Waals surface area contributed by atoms with E-state index < -0.39 is 22.5 Å². The van der Waals surface area contributed by atoms with Crippen molar-refractivity contribution in [3.8, 4) is 0 Å². The van der Waals surface area contributed by atoms with E-state index in [1.54, 1.807) is 14.0 Å².